The summed E-state index contributed by atoms with van der Waals surface area (Å²) in [4.78, 5) is 17.5. The predicted octanol–water partition coefficient (Wildman–Crippen LogP) is 5.51. The van der Waals surface area contributed by atoms with Crippen molar-refractivity contribution in [2.75, 3.05) is 0 Å². The first kappa shape index (κ1) is 19.6. The third-order valence-corrected chi connectivity index (χ3v) is 5.34. The normalized spacial score (nSPS) is 11.8. The van der Waals surface area contributed by atoms with Crippen LogP contribution in [0.2, 0.25) is 0 Å². The van der Waals surface area contributed by atoms with Crippen molar-refractivity contribution in [2.24, 2.45) is 0 Å². The number of alkyl halides is 3. The van der Waals surface area contributed by atoms with Crippen molar-refractivity contribution in [1.82, 2.24) is 9.55 Å². The van der Waals surface area contributed by atoms with Crippen molar-refractivity contribution in [2.45, 2.75) is 6.18 Å². The van der Waals surface area contributed by atoms with E-state index in [-0.39, 0.29) is 16.2 Å². The molecule has 0 aliphatic heterocycles. The SMILES string of the molecule is N#Cc1ccccc1C=Cc1nc2ccsc2c(=O)n1-c1ccccc1C(F)(F)F. The van der Waals surface area contributed by atoms with Crippen molar-refractivity contribution in [1.29, 1.82) is 5.26 Å². The van der Waals surface area contributed by atoms with Gasteiger partial charge in [0, 0.05) is 0 Å². The summed E-state index contributed by atoms with van der Waals surface area (Å²) in [5.41, 5.74) is -0.452. The monoisotopic (exact) mass is 423 g/mol. The lowest BCUT2D eigenvalue weighted by Gasteiger charge is -2.16. The van der Waals surface area contributed by atoms with Crippen LogP contribution in [0.15, 0.2) is 64.8 Å². The molecule has 0 unspecified atom stereocenters. The van der Waals surface area contributed by atoms with Crippen molar-refractivity contribution >= 4 is 33.7 Å². The topological polar surface area (TPSA) is 58.7 Å². The van der Waals surface area contributed by atoms with Gasteiger partial charge in [-0.3, -0.25) is 9.36 Å². The number of aromatic nitrogens is 2. The maximum atomic E-state index is 13.6. The molecule has 0 radical (unpaired) electrons. The summed E-state index contributed by atoms with van der Waals surface area (Å²) in [6, 6.07) is 15.4. The fourth-order valence-corrected chi connectivity index (χ4v) is 3.85. The Morgan fingerprint density at radius 3 is 2.53 bits per heavy atom. The zero-order valence-corrected chi connectivity index (χ0v) is 16.0. The van der Waals surface area contributed by atoms with Crippen LogP contribution in [0.4, 0.5) is 13.2 Å². The highest BCUT2D eigenvalue weighted by Gasteiger charge is 2.34. The summed E-state index contributed by atoms with van der Waals surface area (Å²) in [6.45, 7) is 0. The molecule has 2 heterocycles. The third kappa shape index (κ3) is 3.51. The number of hydrogen-bond acceptors (Lipinski definition) is 4. The summed E-state index contributed by atoms with van der Waals surface area (Å²) >= 11 is 1.12. The minimum absolute atomic E-state index is 0.0374. The summed E-state index contributed by atoms with van der Waals surface area (Å²) in [5, 5.41) is 10.9. The minimum atomic E-state index is -4.64. The van der Waals surface area contributed by atoms with Crippen LogP contribution in [-0.4, -0.2) is 9.55 Å². The molecule has 0 fully saturated rings. The van der Waals surface area contributed by atoms with Gasteiger partial charge in [-0.15, -0.1) is 11.3 Å². The molecular weight excluding hydrogens is 411 g/mol. The van der Waals surface area contributed by atoms with E-state index < -0.39 is 17.3 Å². The first-order chi connectivity index (χ1) is 14.4. The van der Waals surface area contributed by atoms with E-state index >= 15 is 0 Å². The molecule has 4 aromatic rings. The first-order valence-corrected chi connectivity index (χ1v) is 9.62. The molecule has 0 spiro atoms. The molecule has 2 aromatic heterocycles. The van der Waals surface area contributed by atoms with Crippen molar-refractivity contribution in [3.63, 3.8) is 0 Å². The molecule has 0 amide bonds. The van der Waals surface area contributed by atoms with Crippen LogP contribution >= 0.6 is 11.3 Å². The molecule has 0 saturated heterocycles. The van der Waals surface area contributed by atoms with Gasteiger partial charge in [0.2, 0.25) is 0 Å². The Kier molecular flexibility index (Phi) is 4.98. The smallest absolute Gasteiger partial charge is 0.267 e. The van der Waals surface area contributed by atoms with Crippen LogP contribution in [0.25, 0.3) is 28.1 Å². The van der Waals surface area contributed by atoms with Gasteiger partial charge in [0.25, 0.3) is 5.56 Å². The molecule has 30 heavy (non-hydrogen) atoms. The molecule has 8 heteroatoms. The average Bonchev–Trinajstić information content (AvgIpc) is 3.21. The van der Waals surface area contributed by atoms with Crippen LogP contribution < -0.4 is 5.56 Å². The van der Waals surface area contributed by atoms with Gasteiger partial charge in [-0.05, 0) is 47.4 Å². The summed E-state index contributed by atoms with van der Waals surface area (Å²) in [5.74, 6) is 0.0374. The molecular formula is C22H12F3N3OS. The Balaban J connectivity index is 1.99. The van der Waals surface area contributed by atoms with Gasteiger partial charge in [-0.1, -0.05) is 30.3 Å². The van der Waals surface area contributed by atoms with Crippen molar-refractivity contribution in [3.05, 3.63) is 92.8 Å². The van der Waals surface area contributed by atoms with Gasteiger partial charge in [0.1, 0.15) is 10.5 Å². The van der Waals surface area contributed by atoms with Crippen LogP contribution in [0, 0.1) is 11.3 Å². The summed E-state index contributed by atoms with van der Waals surface area (Å²) < 4.78 is 42.1. The van der Waals surface area contributed by atoms with E-state index in [0.717, 1.165) is 22.0 Å². The lowest BCUT2D eigenvalue weighted by atomic mass is 10.1. The molecule has 4 nitrogen and oxygen atoms in total. The first-order valence-electron chi connectivity index (χ1n) is 8.74. The Morgan fingerprint density at radius 1 is 1.03 bits per heavy atom. The summed E-state index contributed by atoms with van der Waals surface area (Å²) in [6.07, 6.45) is -1.64. The van der Waals surface area contributed by atoms with Crippen molar-refractivity contribution < 1.29 is 13.2 Å². The molecule has 0 aliphatic rings. The number of rotatable bonds is 3. The quantitative estimate of drug-likeness (QED) is 0.437. The Morgan fingerprint density at radius 2 is 1.77 bits per heavy atom. The molecule has 148 valence electrons. The number of thiophene rings is 1. The van der Waals surface area contributed by atoms with E-state index in [2.05, 4.69) is 11.1 Å². The second-order valence-electron chi connectivity index (χ2n) is 6.29. The molecule has 0 bridgehead atoms. The number of fused-ring (bicyclic) bond motifs is 1. The minimum Gasteiger partial charge on any atom is -0.267 e. The average molecular weight is 423 g/mol. The largest absolute Gasteiger partial charge is 0.418 e. The maximum absolute atomic E-state index is 13.6. The van der Waals surface area contributed by atoms with Gasteiger partial charge in [-0.2, -0.15) is 18.4 Å². The van der Waals surface area contributed by atoms with E-state index in [1.54, 1.807) is 41.8 Å². The van der Waals surface area contributed by atoms with Gasteiger partial charge in [-0.25, -0.2) is 4.98 Å². The van der Waals surface area contributed by atoms with E-state index in [9.17, 15) is 23.2 Å². The number of para-hydroxylation sites is 1. The zero-order chi connectivity index (χ0) is 21.3. The van der Waals surface area contributed by atoms with Crippen LogP contribution in [0.5, 0.6) is 0 Å². The zero-order valence-electron chi connectivity index (χ0n) is 15.2. The van der Waals surface area contributed by atoms with Crippen LogP contribution in [0.3, 0.4) is 0 Å². The molecule has 0 atom stereocenters. The highest BCUT2D eigenvalue weighted by atomic mass is 32.1. The number of benzene rings is 2. The van der Waals surface area contributed by atoms with Gasteiger partial charge < -0.3 is 0 Å². The van der Waals surface area contributed by atoms with E-state index in [4.69, 9.17) is 0 Å². The van der Waals surface area contributed by atoms with Gasteiger partial charge in [0.15, 0.2) is 0 Å². The molecule has 2 aromatic carbocycles. The second-order valence-corrected chi connectivity index (χ2v) is 7.21. The van der Waals surface area contributed by atoms with Gasteiger partial charge in [0.05, 0.1) is 28.4 Å². The highest BCUT2D eigenvalue weighted by molar-refractivity contribution is 7.17. The Hall–Kier alpha value is -3.70. The van der Waals surface area contributed by atoms with Crippen LogP contribution in [0.1, 0.15) is 22.5 Å². The second kappa shape index (κ2) is 7.61. The molecule has 4 rings (SSSR count). The molecule has 0 aliphatic carbocycles. The molecule has 0 N–H and O–H groups in total. The Labute approximate surface area is 172 Å². The fourth-order valence-electron chi connectivity index (χ4n) is 3.09. The maximum Gasteiger partial charge on any atom is 0.418 e. The number of hydrogen-bond donors (Lipinski definition) is 0. The number of nitriles is 1. The van der Waals surface area contributed by atoms with E-state index in [0.29, 0.717) is 16.6 Å². The van der Waals surface area contributed by atoms with E-state index in [1.165, 1.54) is 24.3 Å². The third-order valence-electron chi connectivity index (χ3n) is 4.45. The predicted molar refractivity (Wildman–Crippen MR) is 110 cm³/mol. The van der Waals surface area contributed by atoms with E-state index in [1.807, 2.05) is 0 Å². The van der Waals surface area contributed by atoms with Crippen molar-refractivity contribution in [3.8, 4) is 11.8 Å². The summed E-state index contributed by atoms with van der Waals surface area (Å²) in [7, 11) is 0. The lowest BCUT2D eigenvalue weighted by molar-refractivity contribution is -0.137. The number of halogens is 3. The van der Waals surface area contributed by atoms with Gasteiger partial charge >= 0.3 is 6.18 Å². The standard InChI is InChI=1S/C22H12F3N3OS/c23-22(24,25)16-7-3-4-8-18(16)28-19(27-17-11-12-30-20(17)21(28)29)10-9-14-5-1-2-6-15(14)13-26/h1-12H. The fraction of sp³-hybridized carbons (Fsp3) is 0.0455. The molecule has 0 saturated carbocycles. The Bertz CT molecular complexity index is 1380. The number of nitrogens with zero attached hydrogens (tertiary/aromatic N) is 3. The lowest BCUT2D eigenvalue weighted by Crippen LogP contribution is -2.24. The highest BCUT2D eigenvalue weighted by Crippen LogP contribution is 2.34. The van der Waals surface area contributed by atoms with Crippen LogP contribution in [-0.2, 0) is 6.18 Å².